The molecule has 0 N–H and O–H groups in total. The van der Waals surface area contributed by atoms with E-state index in [0.29, 0.717) is 19.2 Å². The molecule has 2 nitrogen and oxygen atoms in total. The fourth-order valence-corrected chi connectivity index (χ4v) is 1.55. The van der Waals surface area contributed by atoms with E-state index in [-0.39, 0.29) is 11.3 Å². The van der Waals surface area contributed by atoms with Crippen LogP contribution in [0.1, 0.15) is 18.1 Å². The van der Waals surface area contributed by atoms with Gasteiger partial charge in [-0.2, -0.15) is 13.2 Å². The molecule has 0 aromatic heterocycles. The van der Waals surface area contributed by atoms with Crippen LogP contribution in [0.5, 0.6) is 0 Å². The molecule has 0 amide bonds. The molecule has 20 heavy (non-hydrogen) atoms. The van der Waals surface area contributed by atoms with Crippen molar-refractivity contribution in [2.45, 2.75) is 13.1 Å². The number of hydrogen-bond donors (Lipinski definition) is 0. The van der Waals surface area contributed by atoms with Crippen LogP contribution in [0, 0.1) is 11.6 Å². The minimum atomic E-state index is -4.92. The maximum atomic E-state index is 13.7. The van der Waals surface area contributed by atoms with Gasteiger partial charge in [-0.05, 0) is 33.2 Å². The number of likely N-dealkylation sites (N-methyl/N-ethyl adjacent to an activating group) is 1. The fourth-order valence-electron chi connectivity index (χ4n) is 1.55. The Morgan fingerprint density at radius 2 is 1.75 bits per heavy atom. The first-order valence-electron chi connectivity index (χ1n) is 5.86. The first-order valence-corrected chi connectivity index (χ1v) is 5.86. The third kappa shape index (κ3) is 4.00. The molecule has 0 atom stereocenters. The van der Waals surface area contributed by atoms with Crippen molar-refractivity contribution in [3.05, 3.63) is 34.9 Å². The molecule has 0 heterocycles. The summed E-state index contributed by atoms with van der Waals surface area (Å²) in [6.07, 6.45) is -4.92. The lowest BCUT2D eigenvalue weighted by Gasteiger charge is -2.11. The van der Waals surface area contributed by atoms with Gasteiger partial charge in [0.2, 0.25) is 0 Å². The first kappa shape index (κ1) is 16.6. The molecular weight excluding hydrogens is 279 g/mol. The third-order valence-electron chi connectivity index (χ3n) is 2.67. The van der Waals surface area contributed by atoms with E-state index >= 15 is 0 Å². The van der Waals surface area contributed by atoms with Gasteiger partial charge in [0.15, 0.2) is 11.6 Å². The highest BCUT2D eigenvalue weighted by Crippen LogP contribution is 2.33. The van der Waals surface area contributed by atoms with Crippen molar-refractivity contribution >= 4 is 5.71 Å². The highest BCUT2D eigenvalue weighted by atomic mass is 19.4. The van der Waals surface area contributed by atoms with Crippen LogP contribution in [0.25, 0.3) is 0 Å². The van der Waals surface area contributed by atoms with Crippen LogP contribution in [-0.2, 0) is 6.18 Å². The largest absolute Gasteiger partial charge is 0.419 e. The van der Waals surface area contributed by atoms with Gasteiger partial charge < -0.3 is 4.90 Å². The second kappa shape index (κ2) is 6.30. The topological polar surface area (TPSA) is 15.6 Å². The van der Waals surface area contributed by atoms with Gasteiger partial charge in [-0.1, -0.05) is 0 Å². The zero-order valence-corrected chi connectivity index (χ0v) is 11.4. The van der Waals surface area contributed by atoms with Crippen molar-refractivity contribution in [1.29, 1.82) is 0 Å². The monoisotopic (exact) mass is 294 g/mol. The van der Waals surface area contributed by atoms with Crippen molar-refractivity contribution < 1.29 is 22.0 Å². The lowest BCUT2D eigenvalue weighted by atomic mass is 10.1. The molecule has 7 heteroatoms. The Kier molecular flexibility index (Phi) is 5.21. The summed E-state index contributed by atoms with van der Waals surface area (Å²) < 4.78 is 64.3. The molecule has 0 aliphatic heterocycles. The van der Waals surface area contributed by atoms with Crippen molar-refractivity contribution in [2.75, 3.05) is 27.2 Å². The van der Waals surface area contributed by atoms with Crippen molar-refractivity contribution in [2.24, 2.45) is 4.99 Å². The lowest BCUT2D eigenvalue weighted by Crippen LogP contribution is -2.16. The van der Waals surface area contributed by atoms with Gasteiger partial charge in [0.25, 0.3) is 0 Å². The standard InChI is InChI=1S/C13H15F5N2/c1-8(19-6-7-20(2)3)9-4-5-10(13(16,17)18)12(15)11(9)14/h4-5H,6-7H2,1-3H3. The molecule has 0 bridgehead atoms. The Balaban J connectivity index is 3.07. The Morgan fingerprint density at radius 3 is 2.25 bits per heavy atom. The van der Waals surface area contributed by atoms with Crippen LogP contribution in [0.3, 0.4) is 0 Å². The van der Waals surface area contributed by atoms with Gasteiger partial charge >= 0.3 is 6.18 Å². The van der Waals surface area contributed by atoms with E-state index in [1.54, 1.807) is 0 Å². The maximum absolute atomic E-state index is 13.7. The zero-order valence-electron chi connectivity index (χ0n) is 11.4. The second-order valence-electron chi connectivity index (χ2n) is 4.56. The van der Waals surface area contributed by atoms with E-state index in [1.165, 1.54) is 6.92 Å². The van der Waals surface area contributed by atoms with Crippen LogP contribution >= 0.6 is 0 Å². The van der Waals surface area contributed by atoms with Crippen LogP contribution in [0.4, 0.5) is 22.0 Å². The summed E-state index contributed by atoms with van der Waals surface area (Å²) >= 11 is 0. The van der Waals surface area contributed by atoms with E-state index in [9.17, 15) is 22.0 Å². The van der Waals surface area contributed by atoms with Crippen molar-refractivity contribution in [1.82, 2.24) is 4.90 Å². The smallest absolute Gasteiger partial charge is 0.308 e. The molecular formula is C13H15F5N2. The molecule has 0 spiro atoms. The summed E-state index contributed by atoms with van der Waals surface area (Å²) in [6.45, 7) is 2.38. The zero-order chi connectivity index (χ0) is 15.5. The number of alkyl halides is 3. The number of nitrogens with zero attached hydrogens (tertiary/aromatic N) is 2. The van der Waals surface area contributed by atoms with E-state index in [2.05, 4.69) is 4.99 Å². The predicted molar refractivity (Wildman–Crippen MR) is 67.0 cm³/mol. The molecule has 0 aliphatic rings. The molecule has 1 aromatic rings. The molecule has 0 unspecified atom stereocenters. The normalized spacial score (nSPS) is 13.2. The molecule has 0 fully saturated rings. The molecule has 0 saturated carbocycles. The predicted octanol–water partition coefficient (Wildman–Crippen LogP) is 3.35. The van der Waals surface area contributed by atoms with Gasteiger partial charge in [-0.25, -0.2) is 8.78 Å². The molecule has 1 rings (SSSR count). The molecule has 112 valence electrons. The van der Waals surface area contributed by atoms with Gasteiger partial charge in [0.1, 0.15) is 0 Å². The number of halogens is 5. The summed E-state index contributed by atoms with van der Waals surface area (Å²) in [5, 5.41) is 0. The average molecular weight is 294 g/mol. The fraction of sp³-hybridized carbons (Fsp3) is 0.462. The highest BCUT2D eigenvalue weighted by molar-refractivity contribution is 5.99. The minimum absolute atomic E-state index is 0.164. The second-order valence-corrected chi connectivity index (χ2v) is 4.56. The molecule has 0 aliphatic carbocycles. The highest BCUT2D eigenvalue weighted by Gasteiger charge is 2.36. The van der Waals surface area contributed by atoms with Crippen LogP contribution in [-0.4, -0.2) is 37.8 Å². The molecule has 1 aromatic carbocycles. The van der Waals surface area contributed by atoms with Crippen molar-refractivity contribution in [3.63, 3.8) is 0 Å². The summed E-state index contributed by atoms with van der Waals surface area (Å²) in [6, 6.07) is 1.43. The van der Waals surface area contributed by atoms with Gasteiger partial charge in [0.05, 0.1) is 12.1 Å². The van der Waals surface area contributed by atoms with E-state index < -0.39 is 23.4 Å². The number of rotatable bonds is 4. The number of benzene rings is 1. The molecule has 0 radical (unpaired) electrons. The van der Waals surface area contributed by atoms with E-state index in [0.717, 1.165) is 6.07 Å². The minimum Gasteiger partial charge on any atom is -0.308 e. The summed E-state index contributed by atoms with van der Waals surface area (Å²) in [5.74, 6) is -3.41. The number of aliphatic imine (C=N–C) groups is 1. The van der Waals surface area contributed by atoms with Crippen LogP contribution in [0.15, 0.2) is 17.1 Å². The van der Waals surface area contributed by atoms with Crippen molar-refractivity contribution in [3.8, 4) is 0 Å². The Hall–Kier alpha value is -1.50. The van der Waals surface area contributed by atoms with E-state index in [1.807, 2.05) is 19.0 Å². The summed E-state index contributed by atoms with van der Waals surface area (Å²) in [7, 11) is 3.65. The Labute approximate surface area is 113 Å². The van der Waals surface area contributed by atoms with E-state index in [4.69, 9.17) is 0 Å². The summed E-state index contributed by atoms with van der Waals surface area (Å²) in [4.78, 5) is 5.86. The number of hydrogen-bond acceptors (Lipinski definition) is 2. The Bertz CT molecular complexity index is 506. The first-order chi connectivity index (χ1) is 9.14. The molecule has 0 saturated heterocycles. The van der Waals surface area contributed by atoms with Crippen LogP contribution in [0.2, 0.25) is 0 Å². The van der Waals surface area contributed by atoms with Gasteiger partial charge in [-0.3, -0.25) is 4.99 Å². The van der Waals surface area contributed by atoms with Gasteiger partial charge in [0, 0.05) is 17.8 Å². The maximum Gasteiger partial charge on any atom is 0.419 e. The SMILES string of the molecule is CC(=NCCN(C)C)c1ccc(C(F)(F)F)c(F)c1F. The van der Waals surface area contributed by atoms with Gasteiger partial charge in [-0.15, -0.1) is 0 Å². The summed E-state index contributed by atoms with van der Waals surface area (Å²) in [5.41, 5.74) is -1.70. The van der Waals surface area contributed by atoms with Crippen LogP contribution < -0.4 is 0 Å². The average Bonchev–Trinajstić information content (AvgIpc) is 2.30. The third-order valence-corrected chi connectivity index (χ3v) is 2.67. The Morgan fingerprint density at radius 1 is 1.15 bits per heavy atom. The lowest BCUT2D eigenvalue weighted by molar-refractivity contribution is -0.140. The quantitative estimate of drug-likeness (QED) is 0.614.